The number of nitrogens with zero attached hydrogens (tertiary/aromatic N) is 1. The standard InChI is InChI=1S/C16H20FNO4/c1-16(2,22-13-7-5-11(17)6-8-13)15(21)18-9-3-4-12(18)10-14(19)20/h5-8,12H,3-4,9-10H2,1-2H3,(H,19,20). The first kappa shape index (κ1) is 16.3. The van der Waals surface area contributed by atoms with Crippen molar-refractivity contribution in [1.82, 2.24) is 4.90 Å². The Kier molecular flexibility index (Phi) is 4.68. The summed E-state index contributed by atoms with van der Waals surface area (Å²) in [5.41, 5.74) is -1.14. The van der Waals surface area contributed by atoms with E-state index in [0.717, 1.165) is 6.42 Å². The van der Waals surface area contributed by atoms with Crippen LogP contribution in [0.25, 0.3) is 0 Å². The quantitative estimate of drug-likeness (QED) is 0.907. The summed E-state index contributed by atoms with van der Waals surface area (Å²) < 4.78 is 18.6. The monoisotopic (exact) mass is 309 g/mol. The molecular weight excluding hydrogens is 289 g/mol. The van der Waals surface area contributed by atoms with E-state index in [0.29, 0.717) is 18.7 Å². The van der Waals surface area contributed by atoms with E-state index in [2.05, 4.69) is 0 Å². The lowest BCUT2D eigenvalue weighted by Crippen LogP contribution is -2.50. The topological polar surface area (TPSA) is 66.8 Å². The first-order valence-corrected chi connectivity index (χ1v) is 7.27. The number of carbonyl (C=O) groups is 2. The van der Waals surface area contributed by atoms with Gasteiger partial charge in [0, 0.05) is 12.6 Å². The number of aliphatic carboxylic acids is 1. The Bertz CT molecular complexity index is 556. The Morgan fingerprint density at radius 1 is 1.36 bits per heavy atom. The minimum Gasteiger partial charge on any atom is -0.481 e. The Balaban J connectivity index is 2.08. The zero-order valence-electron chi connectivity index (χ0n) is 12.7. The molecule has 0 radical (unpaired) electrons. The molecule has 0 aromatic heterocycles. The predicted octanol–water partition coefficient (Wildman–Crippen LogP) is 2.45. The van der Waals surface area contributed by atoms with Crippen LogP contribution in [0.15, 0.2) is 24.3 Å². The van der Waals surface area contributed by atoms with Crippen LogP contribution in [0.5, 0.6) is 5.75 Å². The van der Waals surface area contributed by atoms with E-state index in [9.17, 15) is 14.0 Å². The van der Waals surface area contributed by atoms with E-state index >= 15 is 0 Å². The fourth-order valence-electron chi connectivity index (χ4n) is 2.70. The number of benzene rings is 1. The molecule has 1 atom stereocenters. The van der Waals surface area contributed by atoms with Crippen LogP contribution in [0.1, 0.15) is 33.1 Å². The first-order chi connectivity index (χ1) is 10.3. The number of carboxylic acid groups (broad SMARTS) is 1. The summed E-state index contributed by atoms with van der Waals surface area (Å²) in [6, 6.07) is 5.16. The van der Waals surface area contributed by atoms with Crippen molar-refractivity contribution < 1.29 is 23.8 Å². The third-order valence-electron chi connectivity index (χ3n) is 3.75. The maximum Gasteiger partial charge on any atom is 0.305 e. The van der Waals surface area contributed by atoms with Gasteiger partial charge in [0.25, 0.3) is 5.91 Å². The van der Waals surface area contributed by atoms with Crippen molar-refractivity contribution >= 4 is 11.9 Å². The van der Waals surface area contributed by atoms with Crippen LogP contribution in [0.2, 0.25) is 0 Å². The average Bonchev–Trinajstić information content (AvgIpc) is 2.87. The Hall–Kier alpha value is -2.11. The summed E-state index contributed by atoms with van der Waals surface area (Å²) >= 11 is 0. The highest BCUT2D eigenvalue weighted by atomic mass is 19.1. The summed E-state index contributed by atoms with van der Waals surface area (Å²) in [4.78, 5) is 25.1. The van der Waals surface area contributed by atoms with Gasteiger partial charge in [0.15, 0.2) is 5.60 Å². The second-order valence-electron chi connectivity index (χ2n) is 5.96. The van der Waals surface area contributed by atoms with E-state index in [1.165, 1.54) is 24.3 Å². The molecule has 1 aromatic rings. The number of ether oxygens (including phenoxy) is 1. The van der Waals surface area contributed by atoms with Gasteiger partial charge in [-0.3, -0.25) is 9.59 Å². The van der Waals surface area contributed by atoms with Crippen LogP contribution < -0.4 is 4.74 Å². The van der Waals surface area contributed by atoms with E-state index in [-0.39, 0.29) is 24.2 Å². The summed E-state index contributed by atoms with van der Waals surface area (Å²) in [5, 5.41) is 8.93. The summed E-state index contributed by atoms with van der Waals surface area (Å²) in [6.07, 6.45) is 1.42. The fraction of sp³-hybridized carbons (Fsp3) is 0.500. The van der Waals surface area contributed by atoms with Crippen LogP contribution in [0.4, 0.5) is 4.39 Å². The molecule has 2 rings (SSSR count). The van der Waals surface area contributed by atoms with E-state index in [4.69, 9.17) is 9.84 Å². The molecule has 120 valence electrons. The molecule has 1 saturated heterocycles. The van der Waals surface area contributed by atoms with E-state index < -0.39 is 11.6 Å². The summed E-state index contributed by atoms with van der Waals surface area (Å²) in [6.45, 7) is 3.80. The van der Waals surface area contributed by atoms with Gasteiger partial charge in [-0.25, -0.2) is 4.39 Å². The maximum atomic E-state index is 12.9. The van der Waals surface area contributed by atoms with Gasteiger partial charge < -0.3 is 14.7 Å². The molecule has 1 fully saturated rings. The highest BCUT2D eigenvalue weighted by molar-refractivity contribution is 5.85. The third-order valence-corrected chi connectivity index (χ3v) is 3.75. The minimum absolute atomic E-state index is 0.0572. The molecule has 0 bridgehead atoms. The van der Waals surface area contributed by atoms with Gasteiger partial charge in [0.1, 0.15) is 11.6 Å². The first-order valence-electron chi connectivity index (χ1n) is 7.27. The van der Waals surface area contributed by atoms with Gasteiger partial charge in [0.05, 0.1) is 6.42 Å². The van der Waals surface area contributed by atoms with Crippen molar-refractivity contribution in [2.75, 3.05) is 6.54 Å². The SMILES string of the molecule is CC(C)(Oc1ccc(F)cc1)C(=O)N1CCCC1CC(=O)O. The number of likely N-dealkylation sites (tertiary alicyclic amines) is 1. The van der Waals surface area contributed by atoms with Gasteiger partial charge in [-0.2, -0.15) is 0 Å². The molecule has 1 aliphatic rings. The fourth-order valence-corrected chi connectivity index (χ4v) is 2.70. The van der Waals surface area contributed by atoms with Gasteiger partial charge >= 0.3 is 5.97 Å². The second-order valence-corrected chi connectivity index (χ2v) is 5.96. The largest absolute Gasteiger partial charge is 0.481 e. The molecule has 1 aromatic carbocycles. The van der Waals surface area contributed by atoms with Crippen LogP contribution >= 0.6 is 0 Å². The normalized spacial score (nSPS) is 18.3. The van der Waals surface area contributed by atoms with Crippen LogP contribution in [0, 0.1) is 5.82 Å². The average molecular weight is 309 g/mol. The number of carboxylic acids is 1. The van der Waals surface area contributed by atoms with Crippen molar-refractivity contribution in [2.24, 2.45) is 0 Å². The molecule has 0 aliphatic carbocycles. The second kappa shape index (κ2) is 6.34. The summed E-state index contributed by atoms with van der Waals surface area (Å²) in [7, 11) is 0. The third kappa shape index (κ3) is 3.75. The number of hydrogen-bond acceptors (Lipinski definition) is 3. The highest BCUT2D eigenvalue weighted by Gasteiger charge is 2.40. The van der Waals surface area contributed by atoms with Gasteiger partial charge in [-0.05, 0) is 51.0 Å². The van der Waals surface area contributed by atoms with E-state index in [1.54, 1.807) is 18.7 Å². The molecule has 1 heterocycles. The van der Waals surface area contributed by atoms with Crippen LogP contribution in [0.3, 0.4) is 0 Å². The highest BCUT2D eigenvalue weighted by Crippen LogP contribution is 2.26. The lowest BCUT2D eigenvalue weighted by Gasteiger charge is -2.33. The van der Waals surface area contributed by atoms with Crippen molar-refractivity contribution in [1.29, 1.82) is 0 Å². The number of carbonyl (C=O) groups excluding carboxylic acids is 1. The van der Waals surface area contributed by atoms with Crippen molar-refractivity contribution in [3.8, 4) is 5.75 Å². The maximum absolute atomic E-state index is 12.9. The number of halogens is 1. The van der Waals surface area contributed by atoms with Gasteiger partial charge in [-0.15, -0.1) is 0 Å². The predicted molar refractivity (Wildman–Crippen MR) is 78.1 cm³/mol. The van der Waals surface area contributed by atoms with Gasteiger partial charge in [-0.1, -0.05) is 0 Å². The molecule has 5 nitrogen and oxygen atoms in total. The molecule has 6 heteroatoms. The number of rotatable bonds is 5. The van der Waals surface area contributed by atoms with Crippen molar-refractivity contribution in [2.45, 2.75) is 44.8 Å². The Morgan fingerprint density at radius 3 is 2.59 bits per heavy atom. The molecule has 1 aliphatic heterocycles. The number of amides is 1. The lowest BCUT2D eigenvalue weighted by molar-refractivity contribution is -0.148. The Morgan fingerprint density at radius 2 is 2.00 bits per heavy atom. The molecule has 1 amide bonds. The van der Waals surface area contributed by atoms with Crippen molar-refractivity contribution in [3.63, 3.8) is 0 Å². The zero-order valence-corrected chi connectivity index (χ0v) is 12.7. The lowest BCUT2D eigenvalue weighted by atomic mass is 10.1. The zero-order chi connectivity index (χ0) is 16.3. The van der Waals surface area contributed by atoms with Crippen LogP contribution in [-0.2, 0) is 9.59 Å². The molecule has 22 heavy (non-hydrogen) atoms. The molecular formula is C16H20FNO4. The summed E-state index contributed by atoms with van der Waals surface area (Å²) in [5.74, 6) is -1.14. The molecule has 1 N–H and O–H groups in total. The molecule has 0 saturated carbocycles. The minimum atomic E-state index is -1.14. The molecule has 0 spiro atoms. The van der Waals surface area contributed by atoms with Crippen LogP contribution in [-0.4, -0.2) is 40.1 Å². The van der Waals surface area contributed by atoms with Gasteiger partial charge in [0.2, 0.25) is 0 Å². The van der Waals surface area contributed by atoms with Crippen molar-refractivity contribution in [3.05, 3.63) is 30.1 Å². The van der Waals surface area contributed by atoms with E-state index in [1.807, 2.05) is 0 Å². The smallest absolute Gasteiger partial charge is 0.305 e. The Labute approximate surface area is 128 Å². The number of hydrogen-bond donors (Lipinski definition) is 1. The molecule has 1 unspecified atom stereocenters.